The van der Waals surface area contributed by atoms with Crippen molar-refractivity contribution in [1.29, 1.82) is 0 Å². The molecule has 2 aromatic carbocycles. The van der Waals surface area contributed by atoms with Crippen molar-refractivity contribution in [3.63, 3.8) is 0 Å². The zero-order valence-electron chi connectivity index (χ0n) is 14.8. The van der Waals surface area contributed by atoms with Gasteiger partial charge in [0.25, 0.3) is 0 Å². The highest BCUT2D eigenvalue weighted by Gasteiger charge is 2.34. The Morgan fingerprint density at radius 2 is 1.89 bits per heavy atom. The van der Waals surface area contributed by atoms with E-state index in [-0.39, 0.29) is 30.1 Å². The number of rotatable bonds is 4. The number of nitrogens with zero attached hydrogens (tertiary/aromatic N) is 2. The lowest BCUT2D eigenvalue weighted by Gasteiger charge is -2.33. The average Bonchev–Trinajstić information content (AvgIpc) is 3.47. The average molecular weight is 387 g/mol. The molecule has 140 valence electrons. The molecule has 1 aliphatic heterocycles. The molecule has 4 nitrogen and oxygen atoms in total. The van der Waals surface area contributed by atoms with Gasteiger partial charge in [-0.1, -0.05) is 11.6 Å². The third kappa shape index (κ3) is 3.98. The lowest BCUT2D eigenvalue weighted by atomic mass is 10.1. The maximum absolute atomic E-state index is 13.9. The van der Waals surface area contributed by atoms with Crippen molar-refractivity contribution in [2.75, 3.05) is 18.0 Å². The van der Waals surface area contributed by atoms with Crippen LogP contribution in [0.2, 0.25) is 5.02 Å². The van der Waals surface area contributed by atoms with E-state index in [1.165, 1.54) is 12.1 Å². The molecule has 4 rings (SSSR count). The molecule has 1 saturated carbocycles. The summed E-state index contributed by atoms with van der Waals surface area (Å²) in [6.07, 6.45) is 2.37. The minimum absolute atomic E-state index is 0.0611. The van der Waals surface area contributed by atoms with Crippen molar-refractivity contribution >= 4 is 29.0 Å². The maximum Gasteiger partial charge on any atom is 0.224 e. The van der Waals surface area contributed by atoms with Gasteiger partial charge in [0.05, 0.1) is 6.54 Å². The normalized spacial score (nSPS) is 17.3. The SMILES string of the molecule is O=C(CN1CCC(=O)N(C2CC2)Cc2cc(F)ccc21)c1ccc(Cl)cc1. The molecule has 0 aromatic heterocycles. The number of fused-ring (bicyclic) bond motifs is 1. The maximum atomic E-state index is 13.9. The van der Waals surface area contributed by atoms with Gasteiger partial charge in [-0.3, -0.25) is 9.59 Å². The van der Waals surface area contributed by atoms with Crippen molar-refractivity contribution in [1.82, 2.24) is 4.90 Å². The highest BCUT2D eigenvalue weighted by molar-refractivity contribution is 6.30. The Bertz CT molecular complexity index is 880. The third-order valence-electron chi connectivity index (χ3n) is 5.13. The Morgan fingerprint density at radius 1 is 1.15 bits per heavy atom. The molecule has 0 bridgehead atoms. The van der Waals surface area contributed by atoms with Crippen LogP contribution in [0.1, 0.15) is 35.2 Å². The second kappa shape index (κ2) is 7.31. The summed E-state index contributed by atoms with van der Waals surface area (Å²) in [5.41, 5.74) is 2.13. The van der Waals surface area contributed by atoms with Gasteiger partial charge in [0, 0.05) is 41.8 Å². The molecule has 2 aromatic rings. The summed E-state index contributed by atoms with van der Waals surface area (Å²) in [4.78, 5) is 29.0. The van der Waals surface area contributed by atoms with Crippen LogP contribution in [0.4, 0.5) is 10.1 Å². The molecule has 0 saturated heterocycles. The highest BCUT2D eigenvalue weighted by atomic mass is 35.5. The van der Waals surface area contributed by atoms with E-state index in [4.69, 9.17) is 11.6 Å². The van der Waals surface area contributed by atoms with Gasteiger partial charge in [-0.25, -0.2) is 4.39 Å². The van der Waals surface area contributed by atoms with E-state index in [1.54, 1.807) is 30.3 Å². The Labute approximate surface area is 162 Å². The second-order valence-electron chi connectivity index (χ2n) is 7.13. The van der Waals surface area contributed by atoms with Crippen LogP contribution >= 0.6 is 11.6 Å². The molecule has 1 amide bonds. The van der Waals surface area contributed by atoms with Crippen LogP contribution in [-0.4, -0.2) is 35.7 Å². The van der Waals surface area contributed by atoms with Gasteiger partial charge in [-0.15, -0.1) is 0 Å². The first-order valence-corrected chi connectivity index (χ1v) is 9.50. The predicted octanol–water partition coefficient (Wildman–Crippen LogP) is 4.06. The number of amides is 1. The summed E-state index contributed by atoms with van der Waals surface area (Å²) < 4.78 is 13.9. The largest absolute Gasteiger partial charge is 0.363 e. The fraction of sp³-hybridized carbons (Fsp3) is 0.333. The minimum atomic E-state index is -0.332. The standard InChI is InChI=1S/C21H20ClFN2O2/c22-16-3-1-14(2-4-16)20(26)13-24-10-9-21(27)25(18-6-7-18)12-15-11-17(23)5-8-19(15)24/h1-5,8,11,18H,6-7,9-10,12-13H2. The molecule has 0 radical (unpaired) electrons. The van der Waals surface area contributed by atoms with Crippen LogP contribution < -0.4 is 4.90 Å². The first-order chi connectivity index (χ1) is 13.0. The van der Waals surface area contributed by atoms with Crippen LogP contribution in [0, 0.1) is 5.82 Å². The zero-order chi connectivity index (χ0) is 19.0. The van der Waals surface area contributed by atoms with Gasteiger partial charge in [0.15, 0.2) is 5.78 Å². The van der Waals surface area contributed by atoms with Crippen LogP contribution in [0.25, 0.3) is 0 Å². The van der Waals surface area contributed by atoms with E-state index in [1.807, 2.05) is 9.80 Å². The quantitative estimate of drug-likeness (QED) is 0.744. The Balaban J connectivity index is 1.62. The number of anilines is 1. The van der Waals surface area contributed by atoms with Gasteiger partial charge in [-0.2, -0.15) is 0 Å². The molecule has 0 N–H and O–H groups in total. The zero-order valence-corrected chi connectivity index (χ0v) is 15.6. The van der Waals surface area contributed by atoms with Gasteiger partial charge >= 0.3 is 0 Å². The molecule has 1 aliphatic carbocycles. The Hall–Kier alpha value is -2.40. The number of carbonyl (C=O) groups is 2. The molecule has 0 atom stereocenters. The van der Waals surface area contributed by atoms with E-state index in [0.717, 1.165) is 24.1 Å². The number of hydrogen-bond acceptors (Lipinski definition) is 3. The van der Waals surface area contributed by atoms with E-state index in [9.17, 15) is 14.0 Å². The van der Waals surface area contributed by atoms with Gasteiger partial charge in [-0.05, 0) is 60.9 Å². The number of halogens is 2. The van der Waals surface area contributed by atoms with Gasteiger partial charge < -0.3 is 9.80 Å². The number of benzene rings is 2. The van der Waals surface area contributed by atoms with Crippen LogP contribution in [0.15, 0.2) is 42.5 Å². The predicted molar refractivity (Wildman–Crippen MR) is 103 cm³/mol. The minimum Gasteiger partial charge on any atom is -0.363 e. The molecular formula is C21H20ClFN2O2. The molecular weight excluding hydrogens is 367 g/mol. The van der Waals surface area contributed by atoms with Crippen molar-refractivity contribution < 1.29 is 14.0 Å². The van der Waals surface area contributed by atoms with Crippen molar-refractivity contribution in [3.05, 3.63) is 64.4 Å². The number of carbonyl (C=O) groups excluding carboxylic acids is 2. The molecule has 1 heterocycles. The summed E-state index contributed by atoms with van der Waals surface area (Å²) in [5.74, 6) is -0.327. The van der Waals surface area contributed by atoms with Crippen molar-refractivity contribution in [3.8, 4) is 0 Å². The molecule has 27 heavy (non-hydrogen) atoms. The highest BCUT2D eigenvalue weighted by Crippen LogP contribution is 2.33. The first-order valence-electron chi connectivity index (χ1n) is 9.13. The van der Waals surface area contributed by atoms with Crippen molar-refractivity contribution in [2.45, 2.75) is 31.8 Å². The smallest absolute Gasteiger partial charge is 0.224 e. The van der Waals surface area contributed by atoms with Crippen LogP contribution in [0.5, 0.6) is 0 Å². The number of hydrogen-bond donors (Lipinski definition) is 0. The Kier molecular flexibility index (Phi) is 4.87. The lowest BCUT2D eigenvalue weighted by Crippen LogP contribution is -2.40. The molecule has 2 aliphatic rings. The lowest BCUT2D eigenvalue weighted by molar-refractivity contribution is -0.132. The van der Waals surface area contributed by atoms with E-state index >= 15 is 0 Å². The fourth-order valence-corrected chi connectivity index (χ4v) is 3.67. The fourth-order valence-electron chi connectivity index (χ4n) is 3.54. The van der Waals surface area contributed by atoms with Crippen LogP contribution in [-0.2, 0) is 11.3 Å². The summed E-state index contributed by atoms with van der Waals surface area (Å²) in [6.45, 7) is 0.958. The first kappa shape index (κ1) is 18.0. The molecule has 0 spiro atoms. The number of ketones is 1. The summed E-state index contributed by atoms with van der Waals surface area (Å²) in [5, 5.41) is 0.574. The number of Topliss-reactive ketones (excluding diaryl/α,β-unsaturated/α-hetero) is 1. The van der Waals surface area contributed by atoms with E-state index in [2.05, 4.69) is 0 Å². The molecule has 0 unspecified atom stereocenters. The topological polar surface area (TPSA) is 40.6 Å². The van der Waals surface area contributed by atoms with Gasteiger partial charge in [0.1, 0.15) is 5.82 Å². The van der Waals surface area contributed by atoms with Crippen molar-refractivity contribution in [2.24, 2.45) is 0 Å². The van der Waals surface area contributed by atoms with Crippen LogP contribution in [0.3, 0.4) is 0 Å². The van der Waals surface area contributed by atoms with Gasteiger partial charge in [0.2, 0.25) is 5.91 Å². The van der Waals surface area contributed by atoms with E-state index in [0.29, 0.717) is 30.1 Å². The summed E-state index contributed by atoms with van der Waals surface area (Å²) >= 11 is 5.89. The monoisotopic (exact) mass is 386 g/mol. The molecule has 1 fully saturated rings. The Morgan fingerprint density at radius 3 is 2.59 bits per heavy atom. The summed E-state index contributed by atoms with van der Waals surface area (Å²) in [7, 11) is 0. The molecule has 6 heteroatoms. The van der Waals surface area contributed by atoms with E-state index < -0.39 is 0 Å². The third-order valence-corrected chi connectivity index (χ3v) is 5.38. The summed E-state index contributed by atoms with van der Waals surface area (Å²) in [6, 6.07) is 11.6. The second-order valence-corrected chi connectivity index (χ2v) is 7.56.